The first-order chi connectivity index (χ1) is 14.3. The number of hydrogen-bond donors (Lipinski definition) is 1. The minimum atomic E-state index is -0.101. The Morgan fingerprint density at radius 2 is 2.13 bits per heavy atom. The lowest BCUT2D eigenvalue weighted by Gasteiger charge is -2.34. The average Bonchev–Trinajstić information content (AvgIpc) is 2.71. The van der Waals surface area contributed by atoms with Crippen LogP contribution in [0, 0.1) is 6.92 Å². The molecule has 3 rings (SSSR count). The highest BCUT2D eigenvalue weighted by atomic mass is 35.5. The van der Waals surface area contributed by atoms with Gasteiger partial charge in [0.05, 0.1) is 6.61 Å². The van der Waals surface area contributed by atoms with Crippen molar-refractivity contribution in [1.82, 2.24) is 20.2 Å². The molecule has 1 N–H and O–H groups in total. The van der Waals surface area contributed by atoms with Crippen LogP contribution in [0.5, 0.6) is 5.88 Å². The molecule has 1 aliphatic rings. The van der Waals surface area contributed by atoms with Crippen molar-refractivity contribution in [1.29, 1.82) is 0 Å². The van der Waals surface area contributed by atoms with Gasteiger partial charge in [0.25, 0.3) is 0 Å². The van der Waals surface area contributed by atoms with Gasteiger partial charge in [-0.3, -0.25) is 0 Å². The Labute approximate surface area is 192 Å². The van der Waals surface area contributed by atoms with Crippen LogP contribution in [-0.2, 0) is 11.3 Å². The zero-order valence-corrected chi connectivity index (χ0v) is 19.7. The Balaban J connectivity index is 1.51. The normalized spacial score (nSPS) is 16.6. The van der Waals surface area contributed by atoms with Gasteiger partial charge in [-0.2, -0.15) is 4.98 Å². The molecule has 0 spiro atoms. The van der Waals surface area contributed by atoms with Crippen LogP contribution in [0.2, 0.25) is 10.0 Å². The number of aryl methyl sites for hydroxylation is 1. The van der Waals surface area contributed by atoms with Gasteiger partial charge in [-0.15, -0.1) is 0 Å². The third-order valence-corrected chi connectivity index (χ3v) is 5.64. The number of morpholine rings is 1. The molecule has 0 bridgehead atoms. The predicted octanol–water partition coefficient (Wildman–Crippen LogP) is 4.37. The summed E-state index contributed by atoms with van der Waals surface area (Å²) in [5.74, 6) is 1.60. The molecular formula is C21H26Cl2N4O2S. The molecule has 0 saturated carbocycles. The van der Waals surface area contributed by atoms with Crippen LogP contribution >= 0.6 is 35.4 Å². The SMILES string of the molecule is Cc1cc(OCC2CN(C(=S)NCc3ccc(Cl)cc3Cl)CCO2)nc(C(C)C)n1. The number of rotatable bonds is 6. The van der Waals surface area contributed by atoms with E-state index in [4.69, 9.17) is 44.9 Å². The molecule has 0 amide bonds. The molecule has 1 aliphatic heterocycles. The van der Waals surface area contributed by atoms with E-state index in [9.17, 15) is 0 Å². The lowest BCUT2D eigenvalue weighted by molar-refractivity contribution is -0.0296. The molecule has 1 aromatic carbocycles. The van der Waals surface area contributed by atoms with Gasteiger partial charge in [-0.1, -0.05) is 43.1 Å². The second-order valence-corrected chi connectivity index (χ2v) is 8.74. The highest BCUT2D eigenvalue weighted by Gasteiger charge is 2.23. The first-order valence-corrected chi connectivity index (χ1v) is 11.0. The van der Waals surface area contributed by atoms with Gasteiger partial charge in [0.15, 0.2) is 5.11 Å². The summed E-state index contributed by atoms with van der Waals surface area (Å²) in [6.45, 7) is 8.94. The van der Waals surface area contributed by atoms with Crippen LogP contribution in [0.15, 0.2) is 24.3 Å². The molecular weight excluding hydrogens is 443 g/mol. The topological polar surface area (TPSA) is 59.5 Å². The molecule has 9 heteroatoms. The van der Waals surface area contributed by atoms with Gasteiger partial charge in [0.2, 0.25) is 5.88 Å². The summed E-state index contributed by atoms with van der Waals surface area (Å²) in [5.41, 5.74) is 1.83. The first kappa shape index (κ1) is 23.0. The Hall–Kier alpha value is -1.67. The Kier molecular flexibility index (Phi) is 8.11. The van der Waals surface area contributed by atoms with E-state index in [-0.39, 0.29) is 12.0 Å². The third-order valence-electron chi connectivity index (χ3n) is 4.65. The smallest absolute Gasteiger partial charge is 0.216 e. The van der Waals surface area contributed by atoms with Crippen LogP contribution in [0.1, 0.15) is 36.8 Å². The van der Waals surface area contributed by atoms with Crippen molar-refractivity contribution in [2.24, 2.45) is 0 Å². The Morgan fingerprint density at radius 3 is 2.87 bits per heavy atom. The predicted molar refractivity (Wildman–Crippen MR) is 124 cm³/mol. The molecule has 30 heavy (non-hydrogen) atoms. The number of nitrogens with one attached hydrogen (secondary N) is 1. The van der Waals surface area contributed by atoms with Crippen LogP contribution in [-0.4, -0.2) is 52.4 Å². The number of aromatic nitrogens is 2. The molecule has 0 aliphatic carbocycles. The van der Waals surface area contributed by atoms with Crippen LogP contribution in [0.4, 0.5) is 0 Å². The fraction of sp³-hybridized carbons (Fsp3) is 0.476. The summed E-state index contributed by atoms with van der Waals surface area (Å²) in [4.78, 5) is 11.0. The minimum Gasteiger partial charge on any atom is -0.475 e. The second-order valence-electron chi connectivity index (χ2n) is 7.50. The lowest BCUT2D eigenvalue weighted by Crippen LogP contribution is -2.50. The Bertz CT molecular complexity index is 897. The van der Waals surface area contributed by atoms with E-state index < -0.39 is 0 Å². The van der Waals surface area contributed by atoms with Gasteiger partial charge in [-0.05, 0) is 36.8 Å². The highest BCUT2D eigenvalue weighted by Crippen LogP contribution is 2.21. The van der Waals surface area contributed by atoms with Crippen molar-refractivity contribution < 1.29 is 9.47 Å². The zero-order valence-electron chi connectivity index (χ0n) is 17.3. The zero-order chi connectivity index (χ0) is 21.7. The number of halogens is 2. The second kappa shape index (κ2) is 10.6. The van der Waals surface area contributed by atoms with E-state index in [0.29, 0.717) is 47.3 Å². The van der Waals surface area contributed by atoms with Crippen molar-refractivity contribution in [3.63, 3.8) is 0 Å². The minimum absolute atomic E-state index is 0.101. The van der Waals surface area contributed by atoms with Gasteiger partial charge < -0.3 is 19.7 Å². The van der Waals surface area contributed by atoms with Crippen LogP contribution in [0.3, 0.4) is 0 Å². The largest absolute Gasteiger partial charge is 0.475 e. The van der Waals surface area contributed by atoms with Gasteiger partial charge in [-0.25, -0.2) is 4.98 Å². The van der Waals surface area contributed by atoms with Crippen molar-refractivity contribution in [2.45, 2.75) is 39.3 Å². The maximum atomic E-state index is 6.23. The summed E-state index contributed by atoms with van der Waals surface area (Å²) < 4.78 is 11.8. The van der Waals surface area contributed by atoms with Gasteiger partial charge >= 0.3 is 0 Å². The van der Waals surface area contributed by atoms with E-state index in [2.05, 4.69) is 34.0 Å². The molecule has 1 atom stereocenters. The van der Waals surface area contributed by atoms with Gasteiger partial charge in [0, 0.05) is 47.4 Å². The van der Waals surface area contributed by atoms with E-state index in [1.54, 1.807) is 6.07 Å². The molecule has 1 aromatic heterocycles. The van der Waals surface area contributed by atoms with E-state index in [1.165, 1.54) is 0 Å². The molecule has 1 fully saturated rings. The van der Waals surface area contributed by atoms with E-state index >= 15 is 0 Å². The Morgan fingerprint density at radius 1 is 1.33 bits per heavy atom. The molecule has 2 aromatic rings. The van der Waals surface area contributed by atoms with Crippen molar-refractivity contribution in [3.05, 3.63) is 51.4 Å². The molecule has 2 heterocycles. The monoisotopic (exact) mass is 468 g/mol. The van der Waals surface area contributed by atoms with Crippen molar-refractivity contribution in [3.8, 4) is 5.88 Å². The van der Waals surface area contributed by atoms with Crippen molar-refractivity contribution in [2.75, 3.05) is 26.3 Å². The van der Waals surface area contributed by atoms with E-state index in [1.807, 2.05) is 25.1 Å². The average molecular weight is 469 g/mol. The number of thiocarbonyl (C=S) groups is 1. The summed E-state index contributed by atoms with van der Waals surface area (Å²) >= 11 is 17.8. The molecule has 6 nitrogen and oxygen atoms in total. The fourth-order valence-corrected chi connectivity index (χ4v) is 3.74. The fourth-order valence-electron chi connectivity index (χ4n) is 3.02. The summed E-state index contributed by atoms with van der Waals surface area (Å²) in [6.07, 6.45) is -0.101. The third kappa shape index (κ3) is 6.41. The molecule has 0 radical (unpaired) electrons. The van der Waals surface area contributed by atoms with Crippen LogP contribution < -0.4 is 10.1 Å². The molecule has 1 saturated heterocycles. The summed E-state index contributed by atoms with van der Waals surface area (Å²) in [6, 6.07) is 7.28. The maximum Gasteiger partial charge on any atom is 0.216 e. The summed E-state index contributed by atoms with van der Waals surface area (Å²) in [5, 5.41) is 5.16. The molecule has 162 valence electrons. The van der Waals surface area contributed by atoms with E-state index in [0.717, 1.165) is 23.6 Å². The number of hydrogen-bond acceptors (Lipinski definition) is 5. The number of ether oxygens (including phenoxy) is 2. The molecule has 1 unspecified atom stereocenters. The highest BCUT2D eigenvalue weighted by molar-refractivity contribution is 7.80. The summed E-state index contributed by atoms with van der Waals surface area (Å²) in [7, 11) is 0. The first-order valence-electron chi connectivity index (χ1n) is 9.88. The van der Waals surface area contributed by atoms with Gasteiger partial charge in [0.1, 0.15) is 18.5 Å². The number of nitrogens with zero attached hydrogens (tertiary/aromatic N) is 3. The van der Waals surface area contributed by atoms with Crippen LogP contribution in [0.25, 0.3) is 0 Å². The maximum absolute atomic E-state index is 6.23. The number of benzene rings is 1. The quantitative estimate of drug-likeness (QED) is 0.631. The lowest BCUT2D eigenvalue weighted by atomic mass is 10.2. The standard InChI is InChI=1S/C21H26Cl2N4O2S/c1-13(2)20-25-14(3)8-19(26-20)29-12-17-11-27(6-7-28-17)21(30)24-10-15-4-5-16(22)9-18(15)23/h4-5,8-9,13,17H,6-7,10-12H2,1-3H3,(H,24,30). The van der Waals surface area contributed by atoms with Crippen molar-refractivity contribution >= 4 is 40.5 Å².